The Labute approximate surface area is 110 Å². The molecule has 0 atom stereocenters. The van der Waals surface area contributed by atoms with Crippen molar-refractivity contribution in [3.8, 4) is 0 Å². The van der Waals surface area contributed by atoms with Crippen LogP contribution >= 0.6 is 0 Å². The predicted octanol–water partition coefficient (Wildman–Crippen LogP) is -0.826. The minimum atomic E-state index is -0.833. The Morgan fingerprint density at radius 1 is 0.765 bits per heavy atom. The number of carboxylic acids is 3. The molecule has 1 radical (unpaired) electrons. The maximum Gasteiger partial charge on any atom is 0.300 e. The Hall–Kier alpha value is -1.15. The van der Waals surface area contributed by atoms with E-state index in [0.29, 0.717) is 13.1 Å². The van der Waals surface area contributed by atoms with E-state index in [4.69, 9.17) is 41.2 Å². The van der Waals surface area contributed by atoms with Gasteiger partial charge in [-0.15, -0.1) is 0 Å². The van der Waals surface area contributed by atoms with Crippen LogP contribution in [0.5, 0.6) is 0 Å². The van der Waals surface area contributed by atoms with E-state index < -0.39 is 17.9 Å². The van der Waals surface area contributed by atoms with Crippen molar-refractivity contribution in [3.63, 3.8) is 0 Å². The molecule has 17 heavy (non-hydrogen) atoms. The van der Waals surface area contributed by atoms with Gasteiger partial charge in [-0.2, -0.15) is 0 Å². The minimum absolute atomic E-state index is 0. The molecule has 0 aliphatic heterocycles. The van der Waals surface area contributed by atoms with E-state index in [2.05, 4.69) is 0 Å². The summed E-state index contributed by atoms with van der Waals surface area (Å²) in [6, 6.07) is 0. The first-order chi connectivity index (χ1) is 7.11. The van der Waals surface area contributed by atoms with E-state index >= 15 is 0 Å². The maximum absolute atomic E-state index is 9.00. The van der Waals surface area contributed by atoms with Crippen molar-refractivity contribution in [2.45, 2.75) is 20.8 Å². The number of carboxylic acid groups (broad SMARTS) is 3. The summed E-state index contributed by atoms with van der Waals surface area (Å²) >= 11 is 0. The SMILES string of the molecule is CC(=O)O.CC(=O)O.CC(=O)O.NCCN.[Mn]. The topological polar surface area (TPSA) is 164 Å². The molecule has 0 aromatic carbocycles. The number of hydrogen-bond donors (Lipinski definition) is 5. The van der Waals surface area contributed by atoms with Gasteiger partial charge in [-0.3, -0.25) is 14.4 Å². The molecule has 0 amide bonds. The van der Waals surface area contributed by atoms with Crippen LogP contribution in [0.25, 0.3) is 0 Å². The van der Waals surface area contributed by atoms with Crippen LogP contribution < -0.4 is 11.5 Å². The Morgan fingerprint density at radius 2 is 0.824 bits per heavy atom. The normalized spacial score (nSPS) is 6.18. The van der Waals surface area contributed by atoms with Crippen LogP contribution in [0.1, 0.15) is 20.8 Å². The molecule has 0 spiro atoms. The molecule has 9 heteroatoms. The zero-order valence-corrected chi connectivity index (χ0v) is 11.2. The van der Waals surface area contributed by atoms with Crippen molar-refractivity contribution in [3.05, 3.63) is 0 Å². The first-order valence-electron chi connectivity index (χ1n) is 4.10. The molecule has 0 saturated carbocycles. The Bertz CT molecular complexity index is 146. The van der Waals surface area contributed by atoms with Crippen LogP contribution in [-0.4, -0.2) is 46.3 Å². The van der Waals surface area contributed by atoms with Gasteiger partial charge in [-0.25, -0.2) is 0 Å². The van der Waals surface area contributed by atoms with E-state index in [1.54, 1.807) is 0 Å². The molecule has 0 heterocycles. The molecule has 7 N–H and O–H groups in total. The van der Waals surface area contributed by atoms with E-state index in [1.807, 2.05) is 0 Å². The van der Waals surface area contributed by atoms with Gasteiger partial charge >= 0.3 is 0 Å². The Balaban J connectivity index is -0.0000000369. The Morgan fingerprint density at radius 3 is 0.824 bits per heavy atom. The van der Waals surface area contributed by atoms with Gasteiger partial charge in [0.05, 0.1) is 0 Å². The summed E-state index contributed by atoms with van der Waals surface area (Å²) in [7, 11) is 0. The number of aliphatic carboxylic acids is 3. The third kappa shape index (κ3) is 108000. The van der Waals surface area contributed by atoms with E-state index in [0.717, 1.165) is 20.8 Å². The van der Waals surface area contributed by atoms with Crippen molar-refractivity contribution in [1.29, 1.82) is 0 Å². The average molecular weight is 295 g/mol. The fourth-order valence-corrected chi connectivity index (χ4v) is 0. The van der Waals surface area contributed by atoms with E-state index in [-0.39, 0.29) is 17.1 Å². The van der Waals surface area contributed by atoms with Crippen molar-refractivity contribution in [2.24, 2.45) is 11.5 Å². The van der Waals surface area contributed by atoms with Crippen molar-refractivity contribution in [1.82, 2.24) is 0 Å². The molecule has 0 unspecified atom stereocenters. The van der Waals surface area contributed by atoms with Crippen LogP contribution in [0.3, 0.4) is 0 Å². The summed E-state index contributed by atoms with van der Waals surface area (Å²) in [6.07, 6.45) is 0. The number of nitrogens with two attached hydrogens (primary N) is 2. The number of hydrogen-bond acceptors (Lipinski definition) is 5. The van der Waals surface area contributed by atoms with E-state index in [1.165, 1.54) is 0 Å². The molecule has 0 aromatic rings. The predicted molar refractivity (Wildman–Crippen MR) is 58.0 cm³/mol. The second kappa shape index (κ2) is 29.4. The van der Waals surface area contributed by atoms with Gasteiger partial charge in [0.2, 0.25) is 0 Å². The summed E-state index contributed by atoms with van der Waals surface area (Å²) < 4.78 is 0. The number of carbonyl (C=O) groups is 3. The molecule has 105 valence electrons. The molecule has 8 nitrogen and oxygen atoms in total. The summed E-state index contributed by atoms with van der Waals surface area (Å²) in [5.74, 6) is -2.50. The van der Waals surface area contributed by atoms with Gasteiger partial charge in [-0.05, 0) is 0 Å². The third-order valence-corrected chi connectivity index (χ3v) is 0.167. The molecule has 0 aromatic heterocycles. The molecule has 0 bridgehead atoms. The fourth-order valence-electron chi connectivity index (χ4n) is 0. The first kappa shape index (κ1) is 29.7. The van der Waals surface area contributed by atoms with Gasteiger partial charge in [0.1, 0.15) is 0 Å². The van der Waals surface area contributed by atoms with Crippen LogP contribution in [0, 0.1) is 0 Å². The van der Waals surface area contributed by atoms with Gasteiger partial charge in [-0.1, -0.05) is 0 Å². The molecular weight excluding hydrogens is 275 g/mol. The molecular formula is C8H20MnN2O6. The molecule has 0 saturated heterocycles. The minimum Gasteiger partial charge on any atom is -0.481 e. The average Bonchev–Trinajstić information content (AvgIpc) is 2.00. The summed E-state index contributed by atoms with van der Waals surface area (Å²) in [5.41, 5.74) is 9.81. The van der Waals surface area contributed by atoms with Gasteiger partial charge in [0.25, 0.3) is 17.9 Å². The molecule has 0 rings (SSSR count). The summed E-state index contributed by atoms with van der Waals surface area (Å²) in [4.78, 5) is 27.0. The van der Waals surface area contributed by atoms with Crippen LogP contribution in [0.4, 0.5) is 0 Å². The molecule has 0 aliphatic rings. The third-order valence-electron chi connectivity index (χ3n) is 0.167. The van der Waals surface area contributed by atoms with Crippen LogP contribution in [-0.2, 0) is 31.5 Å². The second-order valence-electron chi connectivity index (χ2n) is 2.13. The first-order valence-corrected chi connectivity index (χ1v) is 4.10. The van der Waals surface area contributed by atoms with Crippen LogP contribution in [0.2, 0.25) is 0 Å². The second-order valence-corrected chi connectivity index (χ2v) is 2.13. The largest absolute Gasteiger partial charge is 0.481 e. The van der Waals surface area contributed by atoms with Crippen molar-refractivity contribution in [2.75, 3.05) is 13.1 Å². The Kier molecular flexibility index (Phi) is 51.3. The standard InChI is InChI=1S/C2H8N2.3C2H4O2.Mn/c3-1-2-4;3*1-2(3)4;/h1-4H2;3*1H3,(H,3,4);. The monoisotopic (exact) mass is 295 g/mol. The zero-order valence-electron chi connectivity index (χ0n) is 10.0. The smallest absolute Gasteiger partial charge is 0.300 e. The molecule has 0 aliphatic carbocycles. The maximum atomic E-state index is 9.00. The number of rotatable bonds is 1. The molecule has 0 fully saturated rings. The fraction of sp³-hybridized carbons (Fsp3) is 0.625. The van der Waals surface area contributed by atoms with E-state index in [9.17, 15) is 0 Å². The van der Waals surface area contributed by atoms with Crippen molar-refractivity contribution < 1.29 is 46.8 Å². The van der Waals surface area contributed by atoms with Gasteiger partial charge in [0, 0.05) is 50.9 Å². The van der Waals surface area contributed by atoms with Gasteiger partial charge in [0.15, 0.2) is 0 Å². The summed E-state index contributed by atoms with van der Waals surface area (Å²) in [6.45, 7) is 4.44. The van der Waals surface area contributed by atoms with Crippen molar-refractivity contribution >= 4 is 17.9 Å². The van der Waals surface area contributed by atoms with Crippen LogP contribution in [0.15, 0.2) is 0 Å². The summed E-state index contributed by atoms with van der Waals surface area (Å²) in [5, 5.41) is 22.2. The quantitative estimate of drug-likeness (QED) is 0.391. The zero-order chi connectivity index (χ0) is 14.1. The van der Waals surface area contributed by atoms with Gasteiger partial charge < -0.3 is 26.8 Å².